The predicted octanol–water partition coefficient (Wildman–Crippen LogP) is 4.85. The molecule has 0 unspecified atom stereocenters. The molecule has 156 valence electrons. The highest BCUT2D eigenvalue weighted by Crippen LogP contribution is 2.33. The van der Waals surface area contributed by atoms with Crippen LogP contribution in [0.5, 0.6) is 0 Å². The maximum absolute atomic E-state index is 6.56. The molecule has 0 N–H and O–H groups in total. The lowest BCUT2D eigenvalue weighted by Gasteiger charge is -2.35. The van der Waals surface area contributed by atoms with Crippen LogP contribution in [0.15, 0.2) is 0 Å². The monoisotopic (exact) mass is 438 g/mol. The molecular formula is C17H42O5Si4. The van der Waals surface area contributed by atoms with Crippen LogP contribution in [0.1, 0.15) is 0 Å². The second kappa shape index (κ2) is 8.58. The van der Waals surface area contributed by atoms with Crippen molar-refractivity contribution in [2.24, 2.45) is 0 Å². The van der Waals surface area contributed by atoms with Gasteiger partial charge in [-0.1, -0.05) is 0 Å². The van der Waals surface area contributed by atoms with Gasteiger partial charge in [0.25, 0.3) is 0 Å². The van der Waals surface area contributed by atoms with Crippen molar-refractivity contribution in [2.45, 2.75) is 103 Å². The van der Waals surface area contributed by atoms with E-state index in [4.69, 9.17) is 22.4 Å². The summed E-state index contributed by atoms with van der Waals surface area (Å²) >= 11 is 0. The molecule has 1 heterocycles. The van der Waals surface area contributed by atoms with Gasteiger partial charge < -0.3 is 22.4 Å². The first kappa shape index (κ1) is 24.7. The first-order valence-corrected chi connectivity index (χ1v) is 23.3. The summed E-state index contributed by atoms with van der Waals surface area (Å²) in [5.41, 5.74) is 0. The molecule has 1 aliphatic rings. The first-order valence-electron chi connectivity index (χ1n) is 9.69. The molecule has 9 heteroatoms. The third-order valence-corrected chi connectivity index (χ3v) is 7.33. The van der Waals surface area contributed by atoms with Gasteiger partial charge in [0.15, 0.2) is 39.6 Å². The topological polar surface area (TPSA) is 46.2 Å². The number of rotatable bonds is 9. The van der Waals surface area contributed by atoms with E-state index in [0.29, 0.717) is 6.61 Å². The highest BCUT2D eigenvalue weighted by atomic mass is 28.4. The summed E-state index contributed by atoms with van der Waals surface area (Å²) in [6.07, 6.45) is -0.831. The second-order valence-corrected chi connectivity index (χ2v) is 29.0. The first-order chi connectivity index (χ1) is 11.4. The van der Waals surface area contributed by atoms with E-state index in [0.717, 1.165) is 0 Å². The average Bonchev–Trinajstić information content (AvgIpc) is 2.59. The van der Waals surface area contributed by atoms with Gasteiger partial charge in [-0.05, 0) is 78.6 Å². The Morgan fingerprint density at radius 1 is 0.577 bits per heavy atom. The SMILES string of the molecule is C[Si](C)(C)OC[C@H]1O[C@@H](O[Si](C)(C)C)[C@@H](O[Si](C)(C)C)[C@H]1O[Si](C)(C)C. The van der Waals surface area contributed by atoms with Crippen molar-refractivity contribution in [1.29, 1.82) is 0 Å². The Morgan fingerprint density at radius 2 is 1.00 bits per heavy atom. The predicted molar refractivity (Wildman–Crippen MR) is 119 cm³/mol. The molecule has 0 amide bonds. The molecule has 1 aliphatic heterocycles. The second-order valence-electron chi connectivity index (χ2n) is 11.1. The van der Waals surface area contributed by atoms with E-state index in [1.54, 1.807) is 0 Å². The molecule has 26 heavy (non-hydrogen) atoms. The Hall–Kier alpha value is 0.668. The van der Waals surface area contributed by atoms with Gasteiger partial charge in [0.1, 0.15) is 18.3 Å². The van der Waals surface area contributed by atoms with Crippen molar-refractivity contribution < 1.29 is 22.4 Å². The van der Waals surface area contributed by atoms with Gasteiger partial charge in [-0.25, -0.2) is 0 Å². The summed E-state index contributed by atoms with van der Waals surface area (Å²) in [4.78, 5) is 0. The van der Waals surface area contributed by atoms with Crippen molar-refractivity contribution in [3.8, 4) is 0 Å². The summed E-state index contributed by atoms with van der Waals surface area (Å²) in [6.45, 7) is 26.9. The van der Waals surface area contributed by atoms with Gasteiger partial charge >= 0.3 is 0 Å². The standard InChI is InChI=1S/C17H42O5Si4/c1-23(2,3)18-13-14-15(20-24(4,5)6)16(21-25(7,8)9)17(19-14)22-26(10,11)12/h14-17H,13H2,1-12H3/t14-,15+,16+,17+/m1/s1. The van der Waals surface area contributed by atoms with Gasteiger partial charge in [0, 0.05) is 0 Å². The van der Waals surface area contributed by atoms with Crippen LogP contribution in [-0.4, -0.2) is 64.5 Å². The Morgan fingerprint density at radius 3 is 1.38 bits per heavy atom. The van der Waals surface area contributed by atoms with E-state index in [1.807, 2.05) is 0 Å². The summed E-state index contributed by atoms with van der Waals surface area (Å²) in [5.74, 6) is 0. The normalized spacial score (nSPS) is 28.6. The summed E-state index contributed by atoms with van der Waals surface area (Å²) in [6, 6.07) is 0. The third kappa shape index (κ3) is 9.74. The molecular weight excluding hydrogens is 397 g/mol. The van der Waals surface area contributed by atoms with E-state index in [1.165, 1.54) is 0 Å². The molecule has 0 saturated carbocycles. The number of hydrogen-bond donors (Lipinski definition) is 0. The van der Waals surface area contributed by atoms with E-state index in [2.05, 4.69) is 78.6 Å². The number of hydrogen-bond acceptors (Lipinski definition) is 5. The Balaban J connectivity index is 3.10. The quantitative estimate of drug-likeness (QED) is 0.481. The zero-order valence-corrected chi connectivity index (χ0v) is 23.1. The average molecular weight is 439 g/mol. The molecule has 1 fully saturated rings. The Kier molecular flexibility index (Phi) is 8.15. The zero-order valence-electron chi connectivity index (χ0n) is 19.1. The lowest BCUT2D eigenvalue weighted by atomic mass is 10.1. The molecule has 1 saturated heterocycles. The van der Waals surface area contributed by atoms with Crippen molar-refractivity contribution in [3.05, 3.63) is 0 Å². The molecule has 0 aromatic carbocycles. The van der Waals surface area contributed by atoms with Gasteiger partial charge in [-0.2, -0.15) is 0 Å². The van der Waals surface area contributed by atoms with Crippen LogP contribution in [0.3, 0.4) is 0 Å². The largest absolute Gasteiger partial charge is 0.415 e. The van der Waals surface area contributed by atoms with Crippen LogP contribution >= 0.6 is 0 Å². The zero-order chi connectivity index (χ0) is 20.6. The van der Waals surface area contributed by atoms with Crippen molar-refractivity contribution in [1.82, 2.24) is 0 Å². The van der Waals surface area contributed by atoms with Gasteiger partial charge in [0.05, 0.1) is 6.61 Å². The Labute approximate surface area is 165 Å². The van der Waals surface area contributed by atoms with E-state index in [9.17, 15) is 0 Å². The minimum absolute atomic E-state index is 0.133. The van der Waals surface area contributed by atoms with Gasteiger partial charge in [0.2, 0.25) is 0 Å². The molecule has 0 spiro atoms. The number of ether oxygens (including phenoxy) is 1. The molecule has 0 aromatic heterocycles. The molecule has 0 aliphatic carbocycles. The van der Waals surface area contributed by atoms with Crippen LogP contribution in [0.2, 0.25) is 78.6 Å². The summed E-state index contributed by atoms with van der Waals surface area (Å²) < 4.78 is 32.0. The molecule has 0 radical (unpaired) electrons. The molecule has 0 aromatic rings. The lowest BCUT2D eigenvalue weighted by molar-refractivity contribution is -0.116. The minimum Gasteiger partial charge on any atom is -0.415 e. The molecule has 4 atom stereocenters. The van der Waals surface area contributed by atoms with E-state index < -0.39 is 33.3 Å². The molecule has 5 nitrogen and oxygen atoms in total. The fraction of sp³-hybridized carbons (Fsp3) is 1.00. The van der Waals surface area contributed by atoms with Crippen molar-refractivity contribution in [3.63, 3.8) is 0 Å². The lowest BCUT2D eigenvalue weighted by Crippen LogP contribution is -2.50. The summed E-state index contributed by atoms with van der Waals surface area (Å²) in [5, 5.41) is 0. The minimum atomic E-state index is -1.79. The maximum Gasteiger partial charge on any atom is 0.187 e. The smallest absolute Gasteiger partial charge is 0.187 e. The van der Waals surface area contributed by atoms with E-state index in [-0.39, 0.29) is 24.6 Å². The summed E-state index contributed by atoms with van der Waals surface area (Å²) in [7, 11) is -6.99. The molecule has 0 bridgehead atoms. The highest BCUT2D eigenvalue weighted by molar-refractivity contribution is 6.71. The van der Waals surface area contributed by atoms with Gasteiger partial charge in [-0.15, -0.1) is 0 Å². The van der Waals surface area contributed by atoms with Crippen LogP contribution in [-0.2, 0) is 22.4 Å². The van der Waals surface area contributed by atoms with Crippen molar-refractivity contribution in [2.75, 3.05) is 6.61 Å². The van der Waals surface area contributed by atoms with E-state index >= 15 is 0 Å². The van der Waals surface area contributed by atoms with Crippen LogP contribution in [0.25, 0.3) is 0 Å². The van der Waals surface area contributed by atoms with Crippen LogP contribution in [0, 0.1) is 0 Å². The third-order valence-electron chi connectivity index (χ3n) is 3.40. The fourth-order valence-corrected chi connectivity index (χ4v) is 6.40. The van der Waals surface area contributed by atoms with Crippen LogP contribution < -0.4 is 0 Å². The molecule has 1 rings (SSSR count). The van der Waals surface area contributed by atoms with Crippen LogP contribution in [0.4, 0.5) is 0 Å². The van der Waals surface area contributed by atoms with Crippen molar-refractivity contribution >= 4 is 33.3 Å². The Bertz CT molecular complexity index is 448. The maximum atomic E-state index is 6.56. The fourth-order valence-electron chi connectivity index (χ4n) is 2.69. The van der Waals surface area contributed by atoms with Gasteiger partial charge in [-0.3, -0.25) is 0 Å². The highest BCUT2D eigenvalue weighted by Gasteiger charge is 2.51.